The third-order valence-electron chi connectivity index (χ3n) is 4.26. The number of nitrogens with two attached hydrogens (primary N) is 1. The molecule has 0 spiro atoms. The van der Waals surface area contributed by atoms with Gasteiger partial charge in [-0.25, -0.2) is 4.39 Å². The molecule has 0 bridgehead atoms. The zero-order valence-corrected chi connectivity index (χ0v) is 14.7. The molecule has 2 rings (SSSR count). The van der Waals surface area contributed by atoms with Crippen LogP contribution < -0.4 is 5.73 Å². The van der Waals surface area contributed by atoms with Gasteiger partial charge < -0.3 is 15.9 Å². The maximum Gasteiger partial charge on any atom is 0.120 e. The van der Waals surface area contributed by atoms with Gasteiger partial charge in [0.05, 0.1) is 6.61 Å². The Balaban J connectivity index is 0.00000127. The highest BCUT2D eigenvalue weighted by molar-refractivity contribution is 5.85. The first kappa shape index (κ1) is 19.6. The Morgan fingerprint density at radius 3 is 2.70 bits per heavy atom. The fraction of sp³-hybridized carbons (Fsp3) is 0.611. The van der Waals surface area contributed by atoms with Crippen molar-refractivity contribution in [1.29, 1.82) is 5.41 Å². The molecule has 0 amide bonds. The van der Waals surface area contributed by atoms with Crippen molar-refractivity contribution in [3.63, 3.8) is 0 Å². The van der Waals surface area contributed by atoms with E-state index in [1.54, 1.807) is 7.11 Å². The van der Waals surface area contributed by atoms with Crippen molar-refractivity contribution in [2.45, 2.75) is 39.3 Å². The number of aryl methyl sites for hydroxylation is 1. The van der Waals surface area contributed by atoms with Crippen molar-refractivity contribution in [3.05, 3.63) is 28.8 Å². The molecule has 4 nitrogen and oxygen atoms in total. The van der Waals surface area contributed by atoms with Crippen LogP contribution >= 0.6 is 0 Å². The van der Waals surface area contributed by atoms with Crippen molar-refractivity contribution in [2.24, 2.45) is 0 Å². The van der Waals surface area contributed by atoms with Gasteiger partial charge in [0.1, 0.15) is 6.17 Å². The van der Waals surface area contributed by atoms with Gasteiger partial charge in [-0.3, -0.25) is 4.90 Å². The Labute approximate surface area is 139 Å². The molecule has 1 aromatic carbocycles. The first-order valence-corrected chi connectivity index (χ1v) is 8.32. The van der Waals surface area contributed by atoms with Gasteiger partial charge in [-0.2, -0.15) is 0 Å². The molecule has 0 radical (unpaired) electrons. The molecule has 0 aromatic heterocycles. The molecule has 23 heavy (non-hydrogen) atoms. The summed E-state index contributed by atoms with van der Waals surface area (Å²) in [4.78, 5) is 2.11. The highest BCUT2D eigenvalue weighted by Crippen LogP contribution is 2.34. The van der Waals surface area contributed by atoms with Crippen LogP contribution in [0, 0.1) is 12.3 Å². The number of hydrogen-bond donors (Lipinski definition) is 2. The minimum absolute atomic E-state index is 0.106. The lowest BCUT2D eigenvalue weighted by molar-refractivity contribution is 0.0862. The fourth-order valence-electron chi connectivity index (χ4n) is 3.03. The smallest absolute Gasteiger partial charge is 0.120 e. The third kappa shape index (κ3) is 5.01. The number of alkyl halides is 1. The number of nitrogens with one attached hydrogen (secondary N) is 1. The summed E-state index contributed by atoms with van der Waals surface area (Å²) in [6.45, 7) is 8.69. The maximum atomic E-state index is 14.5. The van der Waals surface area contributed by atoms with Gasteiger partial charge >= 0.3 is 0 Å². The van der Waals surface area contributed by atoms with Gasteiger partial charge in [-0.15, -0.1) is 0 Å². The predicted octanol–water partition coefficient (Wildman–Crippen LogP) is 3.37. The van der Waals surface area contributed by atoms with E-state index in [9.17, 15) is 4.39 Å². The van der Waals surface area contributed by atoms with E-state index in [1.807, 2.05) is 32.9 Å². The Morgan fingerprint density at radius 2 is 2.13 bits per heavy atom. The molecular weight excluding hydrogens is 293 g/mol. The van der Waals surface area contributed by atoms with Gasteiger partial charge in [-0.05, 0) is 43.1 Å². The topological polar surface area (TPSA) is 62.3 Å². The second-order valence-electron chi connectivity index (χ2n) is 5.69. The van der Waals surface area contributed by atoms with Gasteiger partial charge in [0.15, 0.2) is 0 Å². The molecule has 2 unspecified atom stereocenters. The number of nitrogen functional groups attached to an aromatic ring is 1. The maximum absolute atomic E-state index is 14.5. The largest absolute Gasteiger partial charge is 0.398 e. The Morgan fingerprint density at radius 1 is 1.43 bits per heavy atom. The van der Waals surface area contributed by atoms with Gasteiger partial charge in [0.2, 0.25) is 0 Å². The van der Waals surface area contributed by atoms with Crippen molar-refractivity contribution in [2.75, 3.05) is 39.1 Å². The van der Waals surface area contributed by atoms with Crippen LogP contribution in [0.2, 0.25) is 0 Å². The monoisotopic (exact) mass is 323 g/mol. The standard InChI is InChI=1S/C16H24FN3O.C2H6/c1-11-7-12(9-18)16(19)8-14(11)13-3-4-20(5-6-21-2)10-15(13)17;1-2/h7-9,13,15,18H,3-6,10,19H2,1-2H3;1-2H3. The Hall–Kier alpha value is -1.46. The molecule has 130 valence electrons. The number of halogens is 1. The summed E-state index contributed by atoms with van der Waals surface area (Å²) >= 11 is 0. The number of likely N-dealkylation sites (tertiary alicyclic amines) is 1. The molecular formula is C18H30FN3O. The van der Waals surface area contributed by atoms with Crippen molar-refractivity contribution in [1.82, 2.24) is 4.90 Å². The van der Waals surface area contributed by atoms with Crippen LogP contribution in [0.4, 0.5) is 10.1 Å². The van der Waals surface area contributed by atoms with Crippen LogP contribution in [-0.2, 0) is 4.74 Å². The Bertz CT molecular complexity index is 507. The summed E-state index contributed by atoms with van der Waals surface area (Å²) in [5, 5.41) is 7.33. The number of methoxy groups -OCH3 is 1. The summed E-state index contributed by atoms with van der Waals surface area (Å²) in [6.07, 6.45) is 1.14. The highest BCUT2D eigenvalue weighted by atomic mass is 19.1. The third-order valence-corrected chi connectivity index (χ3v) is 4.26. The molecule has 1 saturated heterocycles. The predicted molar refractivity (Wildman–Crippen MR) is 95.4 cm³/mol. The number of nitrogens with zero attached hydrogens (tertiary/aromatic N) is 1. The molecule has 1 heterocycles. The lowest BCUT2D eigenvalue weighted by atomic mass is 9.84. The lowest BCUT2D eigenvalue weighted by Gasteiger charge is -2.35. The van der Waals surface area contributed by atoms with Crippen molar-refractivity contribution >= 4 is 11.9 Å². The molecule has 1 aliphatic heterocycles. The zero-order chi connectivity index (χ0) is 17.4. The SMILES string of the molecule is CC.COCCN1CCC(c2cc(N)c(C=N)cc2C)C(F)C1. The summed E-state index contributed by atoms with van der Waals surface area (Å²) in [6, 6.07) is 3.72. The van der Waals surface area contributed by atoms with E-state index in [0.717, 1.165) is 30.6 Å². The second-order valence-corrected chi connectivity index (χ2v) is 5.69. The first-order valence-electron chi connectivity index (χ1n) is 8.32. The van der Waals surface area contributed by atoms with Gasteiger partial charge in [-0.1, -0.05) is 13.8 Å². The fourth-order valence-corrected chi connectivity index (χ4v) is 3.03. The molecule has 0 aliphatic carbocycles. The number of rotatable bonds is 5. The zero-order valence-electron chi connectivity index (χ0n) is 14.7. The summed E-state index contributed by atoms with van der Waals surface area (Å²) in [7, 11) is 1.66. The van der Waals surface area contributed by atoms with Crippen LogP contribution in [-0.4, -0.2) is 50.6 Å². The molecule has 1 fully saturated rings. The highest BCUT2D eigenvalue weighted by Gasteiger charge is 2.31. The van der Waals surface area contributed by atoms with Gasteiger partial charge in [0.25, 0.3) is 0 Å². The molecule has 1 aromatic rings. The minimum atomic E-state index is -0.889. The molecule has 5 heteroatoms. The van der Waals surface area contributed by atoms with Crippen LogP contribution in [0.25, 0.3) is 0 Å². The van der Waals surface area contributed by atoms with E-state index in [4.69, 9.17) is 15.9 Å². The molecule has 3 N–H and O–H groups in total. The van der Waals surface area contributed by atoms with E-state index in [1.165, 1.54) is 6.21 Å². The van der Waals surface area contributed by atoms with E-state index < -0.39 is 6.17 Å². The number of piperidine rings is 1. The van der Waals surface area contributed by atoms with Gasteiger partial charge in [0, 0.05) is 43.6 Å². The first-order chi connectivity index (χ1) is 11.1. The van der Waals surface area contributed by atoms with Crippen LogP contribution in [0.15, 0.2) is 12.1 Å². The average molecular weight is 323 g/mol. The summed E-state index contributed by atoms with van der Waals surface area (Å²) < 4.78 is 19.6. The van der Waals surface area contributed by atoms with Crippen LogP contribution in [0.5, 0.6) is 0 Å². The van der Waals surface area contributed by atoms with E-state index in [0.29, 0.717) is 24.4 Å². The number of anilines is 1. The number of ether oxygens (including phenoxy) is 1. The number of hydrogen-bond acceptors (Lipinski definition) is 4. The lowest BCUT2D eigenvalue weighted by Crippen LogP contribution is -2.42. The average Bonchev–Trinajstić information content (AvgIpc) is 2.57. The quantitative estimate of drug-likeness (QED) is 0.645. The second kappa shape index (κ2) is 9.63. The van der Waals surface area contributed by atoms with Crippen LogP contribution in [0.1, 0.15) is 42.9 Å². The molecule has 1 aliphatic rings. The summed E-state index contributed by atoms with van der Waals surface area (Å²) in [5.41, 5.74) is 9.20. The Kier molecular flexibility index (Phi) is 8.20. The normalized spacial score (nSPS) is 21.4. The minimum Gasteiger partial charge on any atom is -0.398 e. The molecule has 0 saturated carbocycles. The van der Waals surface area contributed by atoms with Crippen molar-refractivity contribution in [3.8, 4) is 0 Å². The molecule has 2 atom stereocenters. The van der Waals surface area contributed by atoms with E-state index >= 15 is 0 Å². The van der Waals surface area contributed by atoms with E-state index in [2.05, 4.69) is 4.90 Å². The number of benzene rings is 1. The van der Waals surface area contributed by atoms with Crippen molar-refractivity contribution < 1.29 is 9.13 Å². The summed E-state index contributed by atoms with van der Waals surface area (Å²) in [5.74, 6) is -0.106. The van der Waals surface area contributed by atoms with E-state index in [-0.39, 0.29) is 5.92 Å². The van der Waals surface area contributed by atoms with Crippen LogP contribution in [0.3, 0.4) is 0 Å².